The van der Waals surface area contributed by atoms with Crippen LogP contribution >= 0.6 is 0 Å². The zero-order chi connectivity index (χ0) is 61.3. The van der Waals surface area contributed by atoms with Gasteiger partial charge in [-0.3, -0.25) is 9.78 Å². The van der Waals surface area contributed by atoms with Crippen LogP contribution in [0.5, 0.6) is 0 Å². The quantitative estimate of drug-likeness (QED) is 0.0437. The van der Waals surface area contributed by atoms with Gasteiger partial charge >= 0.3 is 13.1 Å². The van der Waals surface area contributed by atoms with Crippen molar-refractivity contribution < 1.29 is 27.7 Å². The summed E-state index contributed by atoms with van der Waals surface area (Å²) >= 11 is 0. The molecule has 2 heterocycles. The van der Waals surface area contributed by atoms with Crippen LogP contribution in [0.25, 0.3) is 11.1 Å². The number of hydrogen-bond donors (Lipinski definition) is 0. The number of ether oxygens (including phenoxy) is 1. The third-order valence-electron chi connectivity index (χ3n) is 17.9. The van der Waals surface area contributed by atoms with Gasteiger partial charge in [-0.2, -0.15) is 0 Å². The van der Waals surface area contributed by atoms with Gasteiger partial charge in [0.2, 0.25) is 0 Å². The second-order valence-electron chi connectivity index (χ2n) is 26.0. The molecular formula is C72H102BNO6Si2. The molecule has 0 unspecified atom stereocenters. The maximum absolute atomic E-state index is 11.8. The van der Waals surface area contributed by atoms with Crippen LogP contribution in [0, 0.1) is 51.4 Å². The van der Waals surface area contributed by atoms with Gasteiger partial charge in [0.05, 0.1) is 24.7 Å². The number of pyridine rings is 1. The average Bonchev–Trinajstić information content (AvgIpc) is 3.82. The van der Waals surface area contributed by atoms with Crippen LogP contribution in [0.15, 0.2) is 91.3 Å². The lowest BCUT2D eigenvalue weighted by atomic mass is 9.68. The molecule has 1 aliphatic rings. The van der Waals surface area contributed by atoms with Gasteiger partial charge in [0.15, 0.2) is 16.6 Å². The van der Waals surface area contributed by atoms with E-state index in [0.29, 0.717) is 0 Å². The minimum Gasteiger partial charge on any atom is -0.469 e. The van der Waals surface area contributed by atoms with E-state index in [4.69, 9.17) is 22.9 Å². The predicted octanol–water partition coefficient (Wildman–Crippen LogP) is 17.4. The maximum Gasteiger partial charge on any atom is 0.495 e. The number of hydrogen-bond acceptors (Lipinski definition) is 7. The molecule has 1 aliphatic heterocycles. The minimum absolute atomic E-state index is 0.0759. The van der Waals surface area contributed by atoms with Crippen molar-refractivity contribution in [1.82, 2.24) is 4.98 Å². The lowest BCUT2D eigenvalue weighted by molar-refractivity contribution is -0.139. The molecule has 1 saturated heterocycles. The molecule has 442 valence electrons. The number of methoxy groups -OCH3 is 1. The normalized spacial score (nSPS) is 14.5. The van der Waals surface area contributed by atoms with Gasteiger partial charge in [0.1, 0.15) is 11.2 Å². The average molecular weight is 1140 g/mol. The van der Waals surface area contributed by atoms with Crippen molar-refractivity contribution >= 4 is 35.2 Å². The highest BCUT2D eigenvalue weighted by Crippen LogP contribution is 2.43. The summed E-state index contributed by atoms with van der Waals surface area (Å²) in [5.74, 6) is 13.8. The number of esters is 1. The molecule has 10 heteroatoms. The molecule has 1 fully saturated rings. The Balaban J connectivity index is 0.000000301. The molecule has 0 atom stereocenters. The van der Waals surface area contributed by atoms with Crippen LogP contribution in [0.2, 0.25) is 39.3 Å². The topological polar surface area (TPSA) is 76.1 Å². The Morgan fingerprint density at radius 2 is 0.927 bits per heavy atom. The maximum atomic E-state index is 11.8. The summed E-state index contributed by atoms with van der Waals surface area (Å²) in [4.78, 5) is 16.2. The van der Waals surface area contributed by atoms with Crippen molar-refractivity contribution in [3.63, 3.8) is 0 Å². The van der Waals surface area contributed by atoms with Crippen LogP contribution < -0.4 is 5.46 Å². The summed E-state index contributed by atoms with van der Waals surface area (Å²) in [6.07, 6.45) is 11.4. The summed E-state index contributed by atoms with van der Waals surface area (Å²) in [5, 5.41) is 0. The standard InChI is InChI=1S/C37H49NO3Si.C35H53BO3Si/c1-11-36(12-2,41-42(8,9)10)20-19-30-15-16-32(21-27(30)5)37(13-3,14-4)33-17-18-34(28(6)22-33)31-23-29(25-38-26-31)24-35(39)40-7;1-14-34(15-2,39-40(11,12)13)23-22-28-18-19-29(24-26(28)5)35(16-3,17-4)30-20-21-31(27(6)25-30)36-37-32(7,8)33(9,10)38-36/h15-18,21-23,25-26H,11-14,24H2,1-10H3;18-21,24-25H,14-17H2,1-13H3. The zero-order valence-electron chi connectivity index (χ0n) is 55.0. The molecule has 6 rings (SSSR count). The highest BCUT2D eigenvalue weighted by Gasteiger charge is 2.52. The van der Waals surface area contributed by atoms with E-state index in [1.54, 1.807) is 6.20 Å². The Bertz CT molecular complexity index is 3110. The van der Waals surface area contributed by atoms with Gasteiger partial charge < -0.3 is 22.9 Å². The molecule has 0 saturated carbocycles. The van der Waals surface area contributed by atoms with E-state index in [1.807, 2.05) is 12.3 Å². The van der Waals surface area contributed by atoms with Crippen molar-refractivity contribution in [2.75, 3.05) is 7.11 Å². The first-order chi connectivity index (χ1) is 38.3. The molecule has 0 aliphatic carbocycles. The monoisotopic (exact) mass is 1140 g/mol. The highest BCUT2D eigenvalue weighted by atomic mass is 28.4. The molecule has 0 spiro atoms. The molecule has 5 aromatic rings. The van der Waals surface area contributed by atoms with E-state index in [-0.39, 0.29) is 52.7 Å². The van der Waals surface area contributed by atoms with E-state index in [2.05, 4.69) is 252 Å². The summed E-state index contributed by atoms with van der Waals surface area (Å²) in [7, 11) is -2.39. The molecule has 0 radical (unpaired) electrons. The van der Waals surface area contributed by atoms with Crippen LogP contribution in [-0.4, -0.2) is 64.2 Å². The molecule has 0 N–H and O–H groups in total. The number of benzene rings is 4. The Morgan fingerprint density at radius 1 is 0.537 bits per heavy atom. The molecule has 0 bridgehead atoms. The highest BCUT2D eigenvalue weighted by molar-refractivity contribution is 6.70. The van der Waals surface area contributed by atoms with E-state index in [0.717, 1.165) is 84.6 Å². The zero-order valence-corrected chi connectivity index (χ0v) is 57.0. The first kappa shape index (κ1) is 67.7. The molecule has 4 aromatic carbocycles. The third kappa shape index (κ3) is 15.6. The second-order valence-corrected chi connectivity index (χ2v) is 34.9. The number of aromatic nitrogens is 1. The lowest BCUT2D eigenvalue weighted by Crippen LogP contribution is -2.41. The van der Waals surface area contributed by atoms with Crippen LogP contribution in [0.4, 0.5) is 0 Å². The van der Waals surface area contributed by atoms with Crippen molar-refractivity contribution in [2.24, 2.45) is 0 Å². The SMILES string of the molecule is CCC(C#Cc1ccc(C(CC)(CC)c2ccc(-c3cncc(CC(=O)OC)c3)c(C)c2)cc1C)(CC)O[Si](C)(C)C.CCC(C#Cc1ccc(C(CC)(CC)c2ccc(B3OC(C)(C)C(C)(C)O3)c(C)c2)cc1C)(CC)O[Si](C)(C)C. The Hall–Kier alpha value is -5.04. The van der Waals surface area contributed by atoms with E-state index < -0.39 is 16.6 Å². The summed E-state index contributed by atoms with van der Waals surface area (Å²) < 4.78 is 30.7. The Morgan fingerprint density at radius 3 is 1.28 bits per heavy atom. The largest absolute Gasteiger partial charge is 0.495 e. The molecule has 0 amide bonds. The van der Waals surface area contributed by atoms with Crippen molar-refractivity contribution in [2.45, 2.75) is 241 Å². The number of carbonyl (C=O) groups excluding carboxylic acids is 1. The van der Waals surface area contributed by atoms with Crippen molar-refractivity contribution in [1.29, 1.82) is 0 Å². The molecule has 82 heavy (non-hydrogen) atoms. The van der Waals surface area contributed by atoms with Crippen LogP contribution in [-0.2, 0) is 44.9 Å². The smallest absolute Gasteiger partial charge is 0.469 e. The number of carbonyl (C=O) groups is 1. The molecule has 1 aromatic heterocycles. The molecular weight excluding hydrogens is 1040 g/mol. The van der Waals surface area contributed by atoms with Gasteiger partial charge in [-0.15, -0.1) is 0 Å². The third-order valence-corrected chi connectivity index (χ3v) is 19.9. The lowest BCUT2D eigenvalue weighted by Gasteiger charge is -2.34. The second kappa shape index (κ2) is 27.3. The van der Waals surface area contributed by atoms with Crippen molar-refractivity contribution in [3.05, 3.63) is 152 Å². The fraction of sp³-hybridized carbons (Fsp3) is 0.528. The van der Waals surface area contributed by atoms with Gasteiger partial charge in [0.25, 0.3) is 0 Å². The summed E-state index contributed by atoms with van der Waals surface area (Å²) in [6.45, 7) is 48.4. The first-order valence-corrected chi connectivity index (χ1v) is 37.4. The fourth-order valence-electron chi connectivity index (χ4n) is 11.9. The van der Waals surface area contributed by atoms with Crippen LogP contribution in [0.1, 0.15) is 196 Å². The number of nitrogens with zero attached hydrogens (tertiary/aromatic N) is 1. The number of rotatable bonds is 20. The number of aryl methyl sites for hydroxylation is 4. The minimum atomic E-state index is -1.73. The van der Waals surface area contributed by atoms with E-state index in [1.165, 1.54) is 51.6 Å². The van der Waals surface area contributed by atoms with Crippen LogP contribution in [0.3, 0.4) is 0 Å². The summed E-state index contributed by atoms with van der Waals surface area (Å²) in [5.41, 5.74) is 14.7. The Labute approximate surface area is 500 Å². The summed E-state index contributed by atoms with van der Waals surface area (Å²) in [6, 6.07) is 29.3. The predicted molar refractivity (Wildman–Crippen MR) is 351 cm³/mol. The first-order valence-electron chi connectivity index (χ1n) is 30.6. The van der Waals surface area contributed by atoms with Gasteiger partial charge in [-0.25, -0.2) is 0 Å². The van der Waals surface area contributed by atoms with E-state index >= 15 is 0 Å². The van der Waals surface area contributed by atoms with Gasteiger partial charge in [-0.1, -0.05) is 145 Å². The van der Waals surface area contributed by atoms with Gasteiger partial charge in [0, 0.05) is 39.9 Å². The van der Waals surface area contributed by atoms with Gasteiger partial charge in [-0.05, 0) is 220 Å². The molecule has 7 nitrogen and oxygen atoms in total. The Kier molecular flexibility index (Phi) is 22.6. The van der Waals surface area contributed by atoms with E-state index in [9.17, 15) is 4.79 Å². The fourth-order valence-corrected chi connectivity index (χ4v) is 14.9. The van der Waals surface area contributed by atoms with Crippen molar-refractivity contribution in [3.8, 4) is 34.8 Å².